The van der Waals surface area contributed by atoms with Crippen molar-refractivity contribution in [3.8, 4) is 0 Å². The van der Waals surface area contributed by atoms with E-state index in [0.29, 0.717) is 4.90 Å². The number of thiophene rings is 2. The smallest absolute Gasteiger partial charge is 0.207 e. The highest BCUT2D eigenvalue weighted by Gasteiger charge is 2.24. The molecule has 0 saturated carbocycles. The highest BCUT2D eigenvalue weighted by Crippen LogP contribution is 2.31. The Kier molecular flexibility index (Phi) is 4.84. The van der Waals surface area contributed by atoms with Crippen molar-refractivity contribution in [1.82, 2.24) is 4.72 Å². The van der Waals surface area contributed by atoms with Crippen LogP contribution < -0.4 is 4.72 Å². The van der Waals surface area contributed by atoms with E-state index in [4.69, 9.17) is 0 Å². The second-order valence-electron chi connectivity index (χ2n) is 4.07. The number of sulfonamides is 1. The Bertz CT molecular complexity index is 647. The number of hydrogen-bond donors (Lipinski definition) is 1. The molecule has 0 amide bonds. The molecule has 19 heavy (non-hydrogen) atoms. The van der Waals surface area contributed by atoms with Gasteiger partial charge in [0.1, 0.15) is 0 Å². The van der Waals surface area contributed by atoms with E-state index >= 15 is 0 Å². The summed E-state index contributed by atoms with van der Waals surface area (Å²) in [4.78, 5) is 2.19. The molecule has 1 atom stereocenters. The lowest BCUT2D eigenvalue weighted by Crippen LogP contribution is -2.27. The van der Waals surface area contributed by atoms with Gasteiger partial charge in [0.25, 0.3) is 0 Å². The van der Waals surface area contributed by atoms with Crippen molar-refractivity contribution in [2.24, 2.45) is 0 Å². The normalized spacial score (nSPS) is 13.6. The van der Waals surface area contributed by atoms with E-state index in [1.807, 2.05) is 31.4 Å². The molecule has 0 bridgehead atoms. The van der Waals surface area contributed by atoms with E-state index in [1.165, 1.54) is 11.3 Å². The van der Waals surface area contributed by atoms with Crippen LogP contribution >= 0.6 is 38.6 Å². The number of rotatable bonds is 5. The van der Waals surface area contributed by atoms with Crippen molar-refractivity contribution in [3.63, 3.8) is 0 Å². The number of aryl methyl sites for hydroxylation is 1. The van der Waals surface area contributed by atoms with Crippen LogP contribution in [0.3, 0.4) is 0 Å². The highest BCUT2D eigenvalue weighted by molar-refractivity contribution is 9.11. The third kappa shape index (κ3) is 3.46. The SMILES string of the molecule is CCC(NS(=O)(=O)c1cc(Br)sc1C)c1cccs1. The van der Waals surface area contributed by atoms with Gasteiger partial charge in [-0.3, -0.25) is 0 Å². The fourth-order valence-electron chi connectivity index (χ4n) is 1.78. The van der Waals surface area contributed by atoms with Gasteiger partial charge in [0.15, 0.2) is 0 Å². The maximum absolute atomic E-state index is 12.4. The monoisotopic (exact) mass is 379 g/mol. The van der Waals surface area contributed by atoms with E-state index in [9.17, 15) is 8.42 Å². The summed E-state index contributed by atoms with van der Waals surface area (Å²) in [6.45, 7) is 3.79. The van der Waals surface area contributed by atoms with Gasteiger partial charge in [0.2, 0.25) is 10.0 Å². The van der Waals surface area contributed by atoms with Gasteiger partial charge >= 0.3 is 0 Å². The number of hydrogen-bond acceptors (Lipinski definition) is 4. The Morgan fingerprint density at radius 2 is 2.21 bits per heavy atom. The van der Waals surface area contributed by atoms with Gasteiger partial charge in [-0.1, -0.05) is 13.0 Å². The molecule has 0 aliphatic rings. The highest BCUT2D eigenvalue weighted by atomic mass is 79.9. The van der Waals surface area contributed by atoms with E-state index in [1.54, 1.807) is 17.4 Å². The van der Waals surface area contributed by atoms with Crippen LogP contribution in [-0.4, -0.2) is 8.42 Å². The average Bonchev–Trinajstić information content (AvgIpc) is 2.96. The van der Waals surface area contributed by atoms with Gasteiger partial charge in [-0.2, -0.15) is 0 Å². The molecule has 0 radical (unpaired) electrons. The van der Waals surface area contributed by atoms with Crippen molar-refractivity contribution < 1.29 is 8.42 Å². The molecule has 0 saturated heterocycles. The van der Waals surface area contributed by atoms with Crippen LogP contribution in [0.4, 0.5) is 0 Å². The summed E-state index contributed by atoms with van der Waals surface area (Å²) < 4.78 is 28.4. The molecule has 104 valence electrons. The minimum absolute atomic E-state index is 0.164. The first-order valence-electron chi connectivity index (χ1n) is 5.75. The molecule has 0 aromatic carbocycles. The molecule has 2 heterocycles. The van der Waals surface area contributed by atoms with Gasteiger partial charge in [-0.05, 0) is 46.8 Å². The number of nitrogens with one attached hydrogen (secondary N) is 1. The van der Waals surface area contributed by atoms with Crippen molar-refractivity contribution in [2.45, 2.75) is 31.2 Å². The van der Waals surface area contributed by atoms with E-state index in [-0.39, 0.29) is 6.04 Å². The molecular weight excluding hydrogens is 366 g/mol. The zero-order valence-corrected chi connectivity index (χ0v) is 14.5. The summed E-state index contributed by atoms with van der Waals surface area (Å²) in [6.07, 6.45) is 0.726. The summed E-state index contributed by atoms with van der Waals surface area (Å²) in [7, 11) is -3.47. The topological polar surface area (TPSA) is 46.2 Å². The van der Waals surface area contributed by atoms with Gasteiger partial charge in [0.05, 0.1) is 14.7 Å². The van der Waals surface area contributed by atoms with E-state index in [0.717, 1.165) is 20.0 Å². The van der Waals surface area contributed by atoms with Gasteiger partial charge < -0.3 is 0 Å². The minimum atomic E-state index is -3.47. The second-order valence-corrected chi connectivity index (χ2v) is 9.37. The minimum Gasteiger partial charge on any atom is -0.207 e. The van der Waals surface area contributed by atoms with Crippen LogP contribution in [0, 0.1) is 6.92 Å². The predicted molar refractivity (Wildman–Crippen MR) is 84.4 cm³/mol. The molecular formula is C12H14BrNO2S3. The maximum atomic E-state index is 12.4. The Hall–Kier alpha value is -0.210. The number of halogens is 1. The molecule has 7 heteroatoms. The van der Waals surface area contributed by atoms with Crippen LogP contribution in [0.5, 0.6) is 0 Å². The summed E-state index contributed by atoms with van der Waals surface area (Å²) in [5.74, 6) is 0. The van der Waals surface area contributed by atoms with Crippen molar-refractivity contribution in [3.05, 3.63) is 37.1 Å². The zero-order valence-electron chi connectivity index (χ0n) is 10.5. The zero-order chi connectivity index (χ0) is 14.0. The molecule has 0 spiro atoms. The van der Waals surface area contributed by atoms with Crippen molar-refractivity contribution in [2.75, 3.05) is 0 Å². The fourth-order valence-corrected chi connectivity index (χ4v) is 6.43. The molecule has 1 N–H and O–H groups in total. The van der Waals surface area contributed by atoms with Crippen LogP contribution in [0.1, 0.15) is 29.1 Å². The Balaban J connectivity index is 2.28. The lowest BCUT2D eigenvalue weighted by molar-refractivity contribution is 0.553. The first-order valence-corrected chi connectivity index (χ1v) is 9.73. The maximum Gasteiger partial charge on any atom is 0.242 e. The van der Waals surface area contributed by atoms with Gasteiger partial charge in [-0.25, -0.2) is 13.1 Å². The largest absolute Gasteiger partial charge is 0.242 e. The quantitative estimate of drug-likeness (QED) is 0.840. The van der Waals surface area contributed by atoms with Gasteiger partial charge in [0, 0.05) is 9.75 Å². The van der Waals surface area contributed by atoms with Crippen molar-refractivity contribution in [1.29, 1.82) is 0 Å². The van der Waals surface area contributed by atoms with Crippen LogP contribution in [0.25, 0.3) is 0 Å². The third-order valence-corrected chi connectivity index (χ3v) is 6.99. The predicted octanol–water partition coefficient (Wildman–Crippen LogP) is 4.31. The summed E-state index contributed by atoms with van der Waals surface area (Å²) in [5, 5.41) is 1.96. The van der Waals surface area contributed by atoms with Gasteiger partial charge in [-0.15, -0.1) is 22.7 Å². The summed E-state index contributed by atoms with van der Waals surface area (Å²) in [5.41, 5.74) is 0. The Labute approximate surface area is 129 Å². The summed E-state index contributed by atoms with van der Waals surface area (Å²) in [6, 6.07) is 5.38. The lowest BCUT2D eigenvalue weighted by Gasteiger charge is -2.15. The Morgan fingerprint density at radius 3 is 2.68 bits per heavy atom. The molecule has 2 rings (SSSR count). The second kappa shape index (κ2) is 6.05. The molecule has 2 aromatic rings. The molecule has 0 fully saturated rings. The lowest BCUT2D eigenvalue weighted by atomic mass is 10.2. The standard InChI is InChI=1S/C12H14BrNO2S3/c1-3-9(10-5-4-6-17-10)14-19(15,16)11-7-12(13)18-8(11)2/h4-7,9,14H,3H2,1-2H3. The molecule has 3 nitrogen and oxygen atoms in total. The molecule has 1 unspecified atom stereocenters. The van der Waals surface area contributed by atoms with Crippen LogP contribution in [0.15, 0.2) is 32.3 Å². The van der Waals surface area contributed by atoms with E-state index in [2.05, 4.69) is 20.7 Å². The first-order chi connectivity index (χ1) is 8.94. The van der Waals surface area contributed by atoms with E-state index < -0.39 is 10.0 Å². The molecule has 0 aliphatic heterocycles. The first kappa shape index (κ1) is 15.2. The third-order valence-electron chi connectivity index (χ3n) is 2.72. The fraction of sp³-hybridized carbons (Fsp3) is 0.333. The Morgan fingerprint density at radius 1 is 1.47 bits per heavy atom. The van der Waals surface area contributed by atoms with Crippen LogP contribution in [0.2, 0.25) is 0 Å². The molecule has 2 aromatic heterocycles. The van der Waals surface area contributed by atoms with Crippen molar-refractivity contribution >= 4 is 48.6 Å². The average molecular weight is 380 g/mol. The summed E-state index contributed by atoms with van der Waals surface area (Å²) >= 11 is 6.32. The molecule has 0 aliphatic carbocycles. The van der Waals surface area contributed by atoms with Crippen LogP contribution in [-0.2, 0) is 10.0 Å².